The summed E-state index contributed by atoms with van der Waals surface area (Å²) >= 11 is 0. The fourth-order valence-corrected chi connectivity index (χ4v) is 8.98. The summed E-state index contributed by atoms with van der Waals surface area (Å²) in [5.74, 6) is 2.20. The summed E-state index contributed by atoms with van der Waals surface area (Å²) in [6.45, 7) is 2.20. The van der Waals surface area contributed by atoms with Crippen LogP contribution in [0.4, 0.5) is 0 Å². The first kappa shape index (κ1) is 24.1. The summed E-state index contributed by atoms with van der Waals surface area (Å²) < 4.78 is 15.7. The van der Waals surface area contributed by atoms with E-state index >= 15 is 0 Å². The molecular weight excluding hydrogens is 550 g/mol. The van der Waals surface area contributed by atoms with Crippen LogP contribution in [0.1, 0.15) is 47.9 Å². The van der Waals surface area contributed by atoms with Gasteiger partial charge in [0.15, 0.2) is 0 Å². The minimum absolute atomic E-state index is 0.0857. The lowest BCUT2D eigenvalue weighted by Gasteiger charge is -2.28. The van der Waals surface area contributed by atoms with Crippen molar-refractivity contribution in [2.75, 3.05) is 0 Å². The number of hydrogen-bond donors (Lipinski definition) is 0. The average Bonchev–Trinajstić information content (AvgIpc) is 3.60. The molecule has 1 aromatic heterocycles. The highest BCUT2D eigenvalue weighted by molar-refractivity contribution is 6.31. The molecule has 3 heteroatoms. The Balaban J connectivity index is 1.15. The second kappa shape index (κ2) is 8.25. The zero-order chi connectivity index (χ0) is 29.4. The molecule has 4 aliphatic carbocycles. The smallest absolute Gasteiger partial charge is 0.135 e. The molecule has 2 aliphatic heterocycles. The lowest BCUT2D eigenvalue weighted by Crippen LogP contribution is -2.32. The first-order valence-electron chi connectivity index (χ1n) is 16.0. The zero-order valence-corrected chi connectivity index (χ0v) is 24.9. The first-order valence-corrected chi connectivity index (χ1v) is 16.0. The van der Waals surface area contributed by atoms with Crippen LogP contribution in [0.25, 0.3) is 55.0 Å². The molecule has 4 aromatic carbocycles. The number of fused-ring (bicyclic) bond motifs is 4. The van der Waals surface area contributed by atoms with Gasteiger partial charge in [0.05, 0.1) is 11.0 Å². The summed E-state index contributed by atoms with van der Waals surface area (Å²) in [6.07, 6.45) is 24.2. The maximum atomic E-state index is 6.58. The number of hydrogen-bond acceptors (Lipinski definition) is 2. The van der Waals surface area contributed by atoms with Crippen molar-refractivity contribution in [3.8, 4) is 11.5 Å². The van der Waals surface area contributed by atoms with Gasteiger partial charge in [0.2, 0.25) is 0 Å². The molecule has 3 nitrogen and oxygen atoms in total. The van der Waals surface area contributed by atoms with E-state index in [4.69, 9.17) is 9.47 Å². The highest BCUT2D eigenvalue weighted by Crippen LogP contribution is 2.56. The summed E-state index contributed by atoms with van der Waals surface area (Å²) in [5, 5.41) is 5.29. The molecule has 0 amide bonds. The monoisotopic (exact) mass is 579 g/mol. The van der Waals surface area contributed by atoms with Crippen molar-refractivity contribution >= 4 is 55.0 Å². The second-order valence-electron chi connectivity index (χ2n) is 13.2. The molecule has 0 N–H and O–H groups in total. The Morgan fingerprint density at radius 2 is 1.67 bits per heavy atom. The Morgan fingerprint density at radius 3 is 2.64 bits per heavy atom. The largest absolute Gasteiger partial charge is 0.485 e. The van der Waals surface area contributed by atoms with Crippen LogP contribution in [0.3, 0.4) is 0 Å². The fourth-order valence-electron chi connectivity index (χ4n) is 8.98. The zero-order valence-electron chi connectivity index (χ0n) is 24.9. The van der Waals surface area contributed by atoms with Gasteiger partial charge < -0.3 is 14.0 Å². The van der Waals surface area contributed by atoms with E-state index in [0.29, 0.717) is 0 Å². The molecule has 45 heavy (non-hydrogen) atoms. The van der Waals surface area contributed by atoms with E-state index in [1.54, 1.807) is 0 Å². The van der Waals surface area contributed by atoms with Crippen LogP contribution < -0.4 is 9.47 Å². The second-order valence-corrected chi connectivity index (χ2v) is 13.2. The number of allylic oxidation sites excluding steroid dienone is 10. The molecule has 0 radical (unpaired) electrons. The van der Waals surface area contributed by atoms with E-state index in [1.807, 2.05) is 0 Å². The number of aromatic nitrogens is 1. The average molecular weight is 580 g/mol. The van der Waals surface area contributed by atoms with Gasteiger partial charge in [-0.15, -0.1) is 0 Å². The summed E-state index contributed by atoms with van der Waals surface area (Å²) in [6, 6.07) is 22.5. The molecule has 0 fully saturated rings. The maximum absolute atomic E-state index is 6.58. The number of benzene rings is 4. The van der Waals surface area contributed by atoms with Crippen molar-refractivity contribution in [2.24, 2.45) is 0 Å². The van der Waals surface area contributed by atoms with Crippen molar-refractivity contribution in [3.05, 3.63) is 144 Å². The molecule has 3 atom stereocenters. The third kappa shape index (κ3) is 2.96. The summed E-state index contributed by atoms with van der Waals surface area (Å²) in [4.78, 5) is 0. The predicted octanol–water partition coefficient (Wildman–Crippen LogP) is 10.1. The van der Waals surface area contributed by atoms with Crippen LogP contribution in [0.15, 0.2) is 121 Å². The SMILES string of the molecule is CC12C=CC=CC1c1c(cccc1C1=CC=CC=C(n3c4cccc5c4c4c6c7c(ccc6ccc43)OC3CC=CC5=C73)C1)O2. The van der Waals surface area contributed by atoms with Gasteiger partial charge in [-0.3, -0.25) is 0 Å². The molecular formula is C42H29NO2. The first-order chi connectivity index (χ1) is 22.2. The van der Waals surface area contributed by atoms with Crippen LogP contribution >= 0.6 is 0 Å². The third-order valence-corrected chi connectivity index (χ3v) is 10.8. The van der Waals surface area contributed by atoms with Crippen molar-refractivity contribution in [1.29, 1.82) is 0 Å². The number of ether oxygens (including phenoxy) is 2. The Hall–Kier alpha value is -5.28. The van der Waals surface area contributed by atoms with Crippen molar-refractivity contribution in [1.82, 2.24) is 4.57 Å². The highest BCUT2D eigenvalue weighted by atomic mass is 16.5. The van der Waals surface area contributed by atoms with E-state index in [1.165, 1.54) is 77.2 Å². The van der Waals surface area contributed by atoms with Crippen LogP contribution in [0.5, 0.6) is 11.5 Å². The Kier molecular flexibility index (Phi) is 4.42. The standard InChI is InChI=1S/C42H29NO2/c1-42-22-5-4-14-30(42)37-27(11-7-17-35(37)45-42)25-9-2-3-10-26(23-25)43-31-15-6-12-28-29-13-8-16-33-39(29)41-34(44-33)21-19-24-18-20-32(43)40(36(24)41)38(28)31/h2-15,17-22,30,33H,16,23H2,1H3. The molecule has 5 aromatic rings. The van der Waals surface area contributed by atoms with Crippen LogP contribution in [-0.2, 0) is 0 Å². The predicted molar refractivity (Wildman–Crippen MR) is 184 cm³/mol. The molecule has 3 heterocycles. The van der Waals surface area contributed by atoms with E-state index in [-0.39, 0.29) is 17.6 Å². The Labute approximate surface area is 261 Å². The van der Waals surface area contributed by atoms with E-state index < -0.39 is 0 Å². The number of rotatable bonds is 2. The minimum Gasteiger partial charge on any atom is -0.485 e. The quantitative estimate of drug-likeness (QED) is 0.208. The van der Waals surface area contributed by atoms with E-state index in [2.05, 4.69) is 133 Å². The highest BCUT2D eigenvalue weighted by Gasteiger charge is 2.44. The molecule has 0 saturated heterocycles. The summed E-state index contributed by atoms with van der Waals surface area (Å²) in [7, 11) is 0. The van der Waals surface area contributed by atoms with Crippen molar-refractivity contribution in [2.45, 2.75) is 37.4 Å². The third-order valence-electron chi connectivity index (χ3n) is 10.8. The lowest BCUT2D eigenvalue weighted by molar-refractivity contribution is 0.155. The lowest BCUT2D eigenvalue weighted by atomic mass is 9.79. The van der Waals surface area contributed by atoms with E-state index in [0.717, 1.165) is 24.3 Å². The maximum Gasteiger partial charge on any atom is 0.135 e. The van der Waals surface area contributed by atoms with Crippen LogP contribution in [-0.4, -0.2) is 16.3 Å². The summed E-state index contributed by atoms with van der Waals surface area (Å²) in [5.41, 5.74) is 12.6. The van der Waals surface area contributed by atoms with Crippen molar-refractivity contribution in [3.63, 3.8) is 0 Å². The van der Waals surface area contributed by atoms with Gasteiger partial charge in [0.1, 0.15) is 23.2 Å². The van der Waals surface area contributed by atoms with Crippen molar-refractivity contribution < 1.29 is 9.47 Å². The van der Waals surface area contributed by atoms with Gasteiger partial charge in [-0.05, 0) is 71.0 Å². The molecule has 3 unspecified atom stereocenters. The molecule has 0 bridgehead atoms. The van der Waals surface area contributed by atoms with Gasteiger partial charge >= 0.3 is 0 Å². The van der Waals surface area contributed by atoms with Crippen LogP contribution in [0.2, 0.25) is 0 Å². The molecule has 0 saturated carbocycles. The van der Waals surface area contributed by atoms with Gasteiger partial charge in [-0.1, -0.05) is 85.0 Å². The topological polar surface area (TPSA) is 23.4 Å². The molecule has 0 spiro atoms. The van der Waals surface area contributed by atoms with Gasteiger partial charge in [0, 0.05) is 57.3 Å². The normalized spacial score (nSPS) is 24.6. The fraction of sp³-hybridized carbons (Fsp3) is 0.143. The molecule has 11 rings (SSSR count). The molecule has 214 valence electrons. The molecule has 6 aliphatic rings. The Bertz CT molecular complexity index is 2460. The van der Waals surface area contributed by atoms with E-state index in [9.17, 15) is 0 Å². The van der Waals surface area contributed by atoms with Gasteiger partial charge in [-0.25, -0.2) is 0 Å². The van der Waals surface area contributed by atoms with Gasteiger partial charge in [-0.2, -0.15) is 0 Å². The van der Waals surface area contributed by atoms with Gasteiger partial charge in [0.25, 0.3) is 0 Å². The minimum atomic E-state index is -0.352. The Morgan fingerprint density at radius 1 is 0.800 bits per heavy atom. The number of nitrogens with zero attached hydrogens (tertiary/aromatic N) is 1. The van der Waals surface area contributed by atoms with Crippen LogP contribution in [0, 0.1) is 0 Å².